The molecule has 0 unspecified atom stereocenters. The SMILES string of the molecule is COc1cccc(-c2noc(Cn3c(Br)nc4c(=O)n(C)c(=O)n(C)c43)n2)c1. The number of hydrogen-bond donors (Lipinski definition) is 0. The summed E-state index contributed by atoms with van der Waals surface area (Å²) in [5, 5.41) is 4.00. The molecule has 144 valence electrons. The van der Waals surface area contributed by atoms with Crippen molar-refractivity contribution in [3.63, 3.8) is 0 Å². The Hall–Kier alpha value is -3.21. The van der Waals surface area contributed by atoms with E-state index in [1.807, 2.05) is 18.2 Å². The molecule has 0 aliphatic rings. The van der Waals surface area contributed by atoms with Crippen LogP contribution in [0, 0.1) is 0 Å². The first-order valence-corrected chi connectivity index (χ1v) is 8.98. The minimum atomic E-state index is -0.472. The van der Waals surface area contributed by atoms with Gasteiger partial charge in [-0.3, -0.25) is 18.5 Å². The third kappa shape index (κ3) is 2.83. The van der Waals surface area contributed by atoms with Gasteiger partial charge in [0.1, 0.15) is 12.3 Å². The molecular formula is C17H15BrN6O4. The molecule has 0 aliphatic heterocycles. The summed E-state index contributed by atoms with van der Waals surface area (Å²) in [6, 6.07) is 7.29. The number of fused-ring (bicyclic) bond motifs is 1. The van der Waals surface area contributed by atoms with E-state index in [1.54, 1.807) is 24.8 Å². The number of halogens is 1. The van der Waals surface area contributed by atoms with Gasteiger partial charge in [0.15, 0.2) is 15.9 Å². The van der Waals surface area contributed by atoms with Crippen molar-refractivity contribution >= 4 is 27.1 Å². The van der Waals surface area contributed by atoms with Gasteiger partial charge in [0, 0.05) is 19.7 Å². The van der Waals surface area contributed by atoms with Crippen molar-refractivity contribution in [1.29, 1.82) is 0 Å². The first-order valence-electron chi connectivity index (χ1n) is 8.19. The highest BCUT2D eigenvalue weighted by atomic mass is 79.9. The smallest absolute Gasteiger partial charge is 0.332 e. The van der Waals surface area contributed by atoms with Gasteiger partial charge in [-0.1, -0.05) is 17.3 Å². The largest absolute Gasteiger partial charge is 0.497 e. The number of aromatic nitrogens is 6. The molecular weight excluding hydrogens is 432 g/mol. The molecule has 3 heterocycles. The molecule has 3 aromatic heterocycles. The summed E-state index contributed by atoms with van der Waals surface area (Å²) in [4.78, 5) is 33.3. The molecule has 0 N–H and O–H groups in total. The van der Waals surface area contributed by atoms with Crippen LogP contribution in [0.15, 0.2) is 43.1 Å². The third-order valence-corrected chi connectivity index (χ3v) is 4.99. The second-order valence-electron chi connectivity index (χ2n) is 6.09. The van der Waals surface area contributed by atoms with E-state index in [0.717, 1.165) is 10.1 Å². The van der Waals surface area contributed by atoms with Crippen molar-refractivity contribution in [3.05, 3.63) is 55.7 Å². The second kappa shape index (κ2) is 6.75. The van der Waals surface area contributed by atoms with Crippen molar-refractivity contribution < 1.29 is 9.26 Å². The first-order chi connectivity index (χ1) is 13.4. The van der Waals surface area contributed by atoms with Crippen LogP contribution < -0.4 is 16.0 Å². The van der Waals surface area contributed by atoms with Crippen molar-refractivity contribution in [2.24, 2.45) is 14.1 Å². The molecule has 0 bridgehead atoms. The highest BCUT2D eigenvalue weighted by molar-refractivity contribution is 9.10. The molecule has 0 saturated carbocycles. The number of nitrogens with zero attached hydrogens (tertiary/aromatic N) is 6. The van der Waals surface area contributed by atoms with Gasteiger partial charge in [-0.25, -0.2) is 9.78 Å². The summed E-state index contributed by atoms with van der Waals surface area (Å²) in [7, 11) is 4.57. The van der Waals surface area contributed by atoms with Gasteiger partial charge < -0.3 is 9.26 Å². The van der Waals surface area contributed by atoms with Gasteiger partial charge in [0.05, 0.1) is 7.11 Å². The maximum Gasteiger partial charge on any atom is 0.332 e. The molecule has 0 spiro atoms. The van der Waals surface area contributed by atoms with Crippen LogP contribution in [-0.2, 0) is 20.6 Å². The topological polar surface area (TPSA) is 110 Å². The minimum Gasteiger partial charge on any atom is -0.497 e. The Morgan fingerprint density at radius 1 is 1.18 bits per heavy atom. The number of benzene rings is 1. The molecule has 0 amide bonds. The Kier molecular flexibility index (Phi) is 4.38. The van der Waals surface area contributed by atoms with Crippen molar-refractivity contribution in [1.82, 2.24) is 28.8 Å². The molecule has 0 saturated heterocycles. The lowest BCUT2D eigenvalue weighted by Crippen LogP contribution is -2.37. The molecule has 0 aliphatic carbocycles. The van der Waals surface area contributed by atoms with Gasteiger partial charge in [-0.2, -0.15) is 4.98 Å². The molecule has 28 heavy (non-hydrogen) atoms. The Morgan fingerprint density at radius 3 is 2.71 bits per heavy atom. The van der Waals surface area contributed by atoms with E-state index in [9.17, 15) is 9.59 Å². The summed E-state index contributed by atoms with van der Waals surface area (Å²) >= 11 is 3.34. The summed E-state index contributed by atoms with van der Waals surface area (Å²) in [5.41, 5.74) is 0.351. The Bertz CT molecular complexity index is 1320. The van der Waals surface area contributed by atoms with Crippen LogP contribution in [0.3, 0.4) is 0 Å². The normalized spacial score (nSPS) is 11.3. The van der Waals surface area contributed by atoms with Crippen LogP contribution in [0.25, 0.3) is 22.6 Å². The zero-order valence-corrected chi connectivity index (χ0v) is 16.8. The molecule has 0 atom stereocenters. The third-order valence-electron chi connectivity index (χ3n) is 4.38. The monoisotopic (exact) mass is 446 g/mol. The van der Waals surface area contributed by atoms with E-state index in [2.05, 4.69) is 31.1 Å². The fraction of sp³-hybridized carbons (Fsp3) is 0.235. The van der Waals surface area contributed by atoms with Crippen LogP contribution in [0.5, 0.6) is 5.75 Å². The summed E-state index contributed by atoms with van der Waals surface area (Å²) in [6.45, 7) is 0.133. The number of rotatable bonds is 4. The average Bonchev–Trinajstić information content (AvgIpc) is 3.30. The molecule has 4 rings (SSSR count). The Balaban J connectivity index is 1.78. The number of ether oxygens (including phenoxy) is 1. The molecule has 11 heteroatoms. The zero-order chi connectivity index (χ0) is 20.0. The van der Waals surface area contributed by atoms with E-state index in [0.29, 0.717) is 27.8 Å². The molecule has 4 aromatic rings. The van der Waals surface area contributed by atoms with Gasteiger partial charge in [0.25, 0.3) is 5.56 Å². The van der Waals surface area contributed by atoms with Crippen LogP contribution in [-0.4, -0.2) is 35.9 Å². The highest BCUT2D eigenvalue weighted by Crippen LogP contribution is 2.23. The van der Waals surface area contributed by atoms with Crippen molar-refractivity contribution in [3.8, 4) is 17.1 Å². The fourth-order valence-electron chi connectivity index (χ4n) is 2.94. The number of methoxy groups -OCH3 is 1. The Labute approximate surface area is 166 Å². The van der Waals surface area contributed by atoms with E-state index >= 15 is 0 Å². The number of imidazole rings is 1. The predicted octanol–water partition coefficient (Wildman–Crippen LogP) is 1.30. The van der Waals surface area contributed by atoms with E-state index < -0.39 is 11.2 Å². The summed E-state index contributed by atoms with van der Waals surface area (Å²) in [5.74, 6) is 1.38. The van der Waals surface area contributed by atoms with E-state index in [4.69, 9.17) is 9.26 Å². The maximum absolute atomic E-state index is 12.4. The van der Waals surface area contributed by atoms with Crippen LogP contribution in [0.2, 0.25) is 0 Å². The average molecular weight is 447 g/mol. The van der Waals surface area contributed by atoms with Crippen molar-refractivity contribution in [2.45, 2.75) is 6.54 Å². The minimum absolute atomic E-state index is 0.133. The van der Waals surface area contributed by atoms with Crippen molar-refractivity contribution in [2.75, 3.05) is 7.11 Å². The molecule has 0 fully saturated rings. The maximum atomic E-state index is 12.4. The summed E-state index contributed by atoms with van der Waals surface area (Å²) < 4.78 is 14.9. The first kappa shape index (κ1) is 18.2. The standard InChI is InChI=1S/C17H15BrN6O4/c1-22-14-12(15(25)23(2)17(22)26)20-16(18)24(14)8-11-19-13(21-28-11)9-5-4-6-10(7-9)27-3/h4-7H,8H2,1-3H3. The lowest BCUT2D eigenvalue weighted by atomic mass is 10.2. The second-order valence-corrected chi connectivity index (χ2v) is 6.80. The molecule has 0 radical (unpaired) electrons. The fourth-order valence-corrected chi connectivity index (χ4v) is 3.41. The highest BCUT2D eigenvalue weighted by Gasteiger charge is 2.20. The number of aryl methyl sites for hydroxylation is 1. The quantitative estimate of drug-likeness (QED) is 0.434. The lowest BCUT2D eigenvalue weighted by Gasteiger charge is -2.07. The van der Waals surface area contributed by atoms with Gasteiger partial charge >= 0.3 is 5.69 Å². The lowest BCUT2D eigenvalue weighted by molar-refractivity contribution is 0.371. The Morgan fingerprint density at radius 2 is 1.96 bits per heavy atom. The molecule has 1 aromatic carbocycles. The number of hydrogen-bond acceptors (Lipinski definition) is 7. The van der Waals surface area contributed by atoms with Crippen LogP contribution >= 0.6 is 15.9 Å². The summed E-state index contributed by atoms with van der Waals surface area (Å²) in [6.07, 6.45) is 0. The predicted molar refractivity (Wildman–Crippen MR) is 103 cm³/mol. The van der Waals surface area contributed by atoms with Gasteiger partial charge in [0.2, 0.25) is 11.7 Å². The van der Waals surface area contributed by atoms with E-state index in [-0.39, 0.29) is 12.1 Å². The van der Waals surface area contributed by atoms with Gasteiger partial charge in [-0.05, 0) is 28.1 Å². The van der Waals surface area contributed by atoms with Gasteiger partial charge in [-0.15, -0.1) is 0 Å². The van der Waals surface area contributed by atoms with Crippen LogP contribution in [0.4, 0.5) is 0 Å². The van der Waals surface area contributed by atoms with Crippen LogP contribution in [0.1, 0.15) is 5.89 Å². The van der Waals surface area contributed by atoms with E-state index in [1.165, 1.54) is 11.6 Å². The molecule has 10 nitrogen and oxygen atoms in total. The zero-order valence-electron chi connectivity index (χ0n) is 15.2.